The number of pyridine rings is 1. The zero-order valence-corrected chi connectivity index (χ0v) is 25.4. The Balaban J connectivity index is 1.47. The summed E-state index contributed by atoms with van der Waals surface area (Å²) in [5.41, 5.74) is 0.996. The maximum absolute atomic E-state index is 13.7. The van der Waals surface area contributed by atoms with Crippen LogP contribution in [0.5, 0.6) is 11.5 Å². The molecule has 5 rings (SSSR count). The number of nitrogens with zero attached hydrogens (tertiary/aromatic N) is 2. The maximum atomic E-state index is 13.7. The van der Waals surface area contributed by atoms with Crippen molar-refractivity contribution in [3.8, 4) is 11.5 Å². The lowest BCUT2D eigenvalue weighted by atomic mass is 10.0. The number of rotatable bonds is 10. The molecule has 0 N–H and O–H groups in total. The van der Waals surface area contributed by atoms with Gasteiger partial charge in [-0.1, -0.05) is 47.5 Å². The number of carbonyl (C=O) groups excluding carboxylic acids is 1. The Hall–Kier alpha value is -3.05. The lowest BCUT2D eigenvalue weighted by molar-refractivity contribution is -0.605. The number of sulfonamides is 1. The summed E-state index contributed by atoms with van der Waals surface area (Å²) >= 11 is 12.8. The SMILES string of the molecule is COc1ccc(C(Cc2c(Cl)c[n+]([O-])cc2Cl)OC(=O)C2CCCN2S(=O)(=O)c2ccccc2)cc1OC1CCCC1. The van der Waals surface area contributed by atoms with Gasteiger partial charge >= 0.3 is 5.97 Å². The van der Waals surface area contributed by atoms with Gasteiger partial charge < -0.3 is 19.4 Å². The predicted molar refractivity (Wildman–Crippen MR) is 157 cm³/mol. The van der Waals surface area contributed by atoms with E-state index in [0.717, 1.165) is 25.7 Å². The first-order valence-corrected chi connectivity index (χ1v) is 16.1. The van der Waals surface area contributed by atoms with Gasteiger partial charge in [-0.2, -0.15) is 9.04 Å². The van der Waals surface area contributed by atoms with E-state index in [1.807, 2.05) is 0 Å². The summed E-state index contributed by atoms with van der Waals surface area (Å²) in [4.78, 5) is 13.8. The van der Waals surface area contributed by atoms with Crippen LogP contribution in [0.15, 0.2) is 65.8 Å². The molecule has 0 radical (unpaired) electrons. The van der Waals surface area contributed by atoms with E-state index in [1.54, 1.807) is 43.5 Å². The number of esters is 1. The molecule has 1 aliphatic heterocycles. The number of carbonyl (C=O) groups is 1. The first-order chi connectivity index (χ1) is 20.2. The summed E-state index contributed by atoms with van der Waals surface area (Å²) in [7, 11) is -2.37. The predicted octanol–water partition coefficient (Wildman–Crippen LogP) is 5.64. The molecule has 1 saturated heterocycles. The van der Waals surface area contributed by atoms with Crippen LogP contribution in [-0.4, -0.2) is 44.5 Å². The van der Waals surface area contributed by atoms with Crippen molar-refractivity contribution < 1.29 is 32.2 Å². The Labute approximate surface area is 255 Å². The highest BCUT2D eigenvalue weighted by Gasteiger charge is 2.41. The first-order valence-electron chi connectivity index (χ1n) is 13.9. The van der Waals surface area contributed by atoms with Gasteiger partial charge in [-0.3, -0.25) is 4.79 Å². The normalized spacial score (nSPS) is 18.6. The monoisotopic (exact) mass is 634 g/mol. The summed E-state index contributed by atoms with van der Waals surface area (Å²) in [6, 6.07) is 12.3. The van der Waals surface area contributed by atoms with Gasteiger partial charge in [0.05, 0.1) is 18.1 Å². The third-order valence-electron chi connectivity index (χ3n) is 7.69. The molecule has 1 aliphatic carbocycles. The minimum Gasteiger partial charge on any atom is -0.619 e. The zero-order valence-electron chi connectivity index (χ0n) is 23.1. The quantitative estimate of drug-likeness (QED) is 0.161. The topological polar surface area (TPSA) is 109 Å². The number of ether oxygens (including phenoxy) is 3. The molecular formula is C30H32Cl2N2O7S. The van der Waals surface area contributed by atoms with Crippen molar-refractivity contribution >= 4 is 39.2 Å². The van der Waals surface area contributed by atoms with Crippen molar-refractivity contribution in [2.24, 2.45) is 0 Å². The minimum atomic E-state index is -3.92. The second-order valence-corrected chi connectivity index (χ2v) is 13.1. The average Bonchev–Trinajstić information content (AvgIpc) is 3.68. The van der Waals surface area contributed by atoms with Crippen LogP contribution in [0.25, 0.3) is 0 Å². The van der Waals surface area contributed by atoms with Gasteiger partial charge in [0.25, 0.3) is 0 Å². The van der Waals surface area contributed by atoms with Gasteiger partial charge in [0, 0.05) is 18.5 Å². The third-order valence-corrected chi connectivity index (χ3v) is 10.3. The lowest BCUT2D eigenvalue weighted by Gasteiger charge is -2.26. The summed E-state index contributed by atoms with van der Waals surface area (Å²) < 4.78 is 46.4. The van der Waals surface area contributed by atoms with Gasteiger partial charge in [0.2, 0.25) is 10.0 Å². The summed E-state index contributed by atoms with van der Waals surface area (Å²) in [5, 5.41) is 12.1. The fourth-order valence-electron chi connectivity index (χ4n) is 5.52. The highest BCUT2D eigenvalue weighted by Crippen LogP contribution is 2.38. The van der Waals surface area contributed by atoms with Crippen molar-refractivity contribution in [2.75, 3.05) is 13.7 Å². The standard InChI is InChI=1S/C30H32Cl2N2O7S/c1-39-27-14-13-20(16-29(27)40-21-8-5-6-9-21)28(17-23-24(31)18-33(36)19-25(23)32)41-30(35)26-12-7-15-34(26)42(37,38)22-10-3-2-4-11-22/h2-4,10-11,13-14,16,18-19,21,26,28H,5-9,12,15,17H2,1H3. The Morgan fingerprint density at radius 2 is 1.71 bits per heavy atom. The van der Waals surface area contributed by atoms with E-state index >= 15 is 0 Å². The van der Waals surface area contributed by atoms with Gasteiger partial charge in [0.15, 0.2) is 23.9 Å². The van der Waals surface area contributed by atoms with Crippen LogP contribution in [0.1, 0.15) is 55.8 Å². The lowest BCUT2D eigenvalue weighted by Crippen LogP contribution is -2.41. The van der Waals surface area contributed by atoms with Gasteiger partial charge in [-0.15, -0.1) is 0 Å². The zero-order chi connectivity index (χ0) is 29.9. The smallest absolute Gasteiger partial charge is 0.325 e. The van der Waals surface area contributed by atoms with E-state index in [4.69, 9.17) is 37.4 Å². The van der Waals surface area contributed by atoms with Gasteiger partial charge in [0.1, 0.15) is 22.2 Å². The van der Waals surface area contributed by atoms with E-state index in [2.05, 4.69) is 0 Å². The van der Waals surface area contributed by atoms with Crippen LogP contribution in [0, 0.1) is 5.21 Å². The Morgan fingerprint density at radius 3 is 2.38 bits per heavy atom. The summed E-state index contributed by atoms with van der Waals surface area (Å²) in [6.45, 7) is 0.198. The molecule has 2 aliphatic rings. The van der Waals surface area contributed by atoms with E-state index in [9.17, 15) is 18.4 Å². The number of benzene rings is 2. The van der Waals surface area contributed by atoms with Crippen LogP contribution in [0.4, 0.5) is 0 Å². The second kappa shape index (κ2) is 13.1. The van der Waals surface area contributed by atoms with Crippen LogP contribution >= 0.6 is 23.2 Å². The molecule has 2 heterocycles. The number of halogens is 2. The molecule has 0 bridgehead atoms. The number of hydrogen-bond acceptors (Lipinski definition) is 7. The second-order valence-electron chi connectivity index (χ2n) is 10.4. The molecule has 42 heavy (non-hydrogen) atoms. The van der Waals surface area contributed by atoms with Crippen molar-refractivity contribution in [1.29, 1.82) is 0 Å². The van der Waals surface area contributed by atoms with E-state index in [0.29, 0.717) is 40.2 Å². The maximum Gasteiger partial charge on any atom is 0.325 e. The highest BCUT2D eigenvalue weighted by molar-refractivity contribution is 7.89. The largest absolute Gasteiger partial charge is 0.619 e. The van der Waals surface area contributed by atoms with E-state index < -0.39 is 28.1 Å². The molecule has 1 aromatic heterocycles. The van der Waals surface area contributed by atoms with Gasteiger partial charge in [-0.25, -0.2) is 8.42 Å². The number of hydrogen-bond donors (Lipinski definition) is 0. The van der Waals surface area contributed by atoms with E-state index in [1.165, 1.54) is 28.8 Å². The first kappa shape index (κ1) is 30.4. The molecule has 2 fully saturated rings. The number of methoxy groups -OCH3 is 1. The molecule has 2 aromatic carbocycles. The van der Waals surface area contributed by atoms with Crippen LogP contribution in [0.3, 0.4) is 0 Å². The fraction of sp³-hybridized carbons (Fsp3) is 0.400. The van der Waals surface area contributed by atoms with Crippen molar-refractivity contribution in [3.05, 3.63) is 87.3 Å². The minimum absolute atomic E-state index is 0.0393. The Morgan fingerprint density at radius 1 is 1.02 bits per heavy atom. The number of aromatic nitrogens is 1. The third kappa shape index (κ3) is 6.62. The summed E-state index contributed by atoms with van der Waals surface area (Å²) in [6.07, 6.45) is 6.39. The van der Waals surface area contributed by atoms with Crippen molar-refractivity contribution in [3.63, 3.8) is 0 Å². The van der Waals surface area contributed by atoms with Gasteiger partial charge in [-0.05, 0) is 68.4 Å². The summed E-state index contributed by atoms with van der Waals surface area (Å²) in [5.74, 6) is 0.364. The molecule has 224 valence electrons. The van der Waals surface area contributed by atoms with Crippen LogP contribution < -0.4 is 14.2 Å². The van der Waals surface area contributed by atoms with Crippen LogP contribution in [0.2, 0.25) is 10.0 Å². The highest BCUT2D eigenvalue weighted by atomic mass is 35.5. The molecule has 9 nitrogen and oxygen atoms in total. The van der Waals surface area contributed by atoms with Crippen LogP contribution in [-0.2, 0) is 26.0 Å². The molecule has 0 amide bonds. The molecule has 3 aromatic rings. The molecule has 12 heteroatoms. The van der Waals surface area contributed by atoms with E-state index in [-0.39, 0.29) is 34.0 Å². The fourth-order valence-corrected chi connectivity index (χ4v) is 7.79. The average molecular weight is 636 g/mol. The molecule has 1 saturated carbocycles. The van der Waals surface area contributed by atoms with Crippen molar-refractivity contribution in [1.82, 2.24) is 4.31 Å². The molecule has 0 spiro atoms. The Bertz CT molecular complexity index is 1510. The molecule has 2 atom stereocenters. The van der Waals surface area contributed by atoms with Crippen molar-refractivity contribution in [2.45, 2.75) is 68.1 Å². The Kier molecular flexibility index (Phi) is 9.47. The molecular weight excluding hydrogens is 603 g/mol. The molecule has 2 unspecified atom stereocenters.